The van der Waals surface area contributed by atoms with Gasteiger partial charge >= 0.3 is 6.18 Å². The van der Waals surface area contributed by atoms with Crippen LogP contribution in [0.25, 0.3) is 22.3 Å². The zero-order valence-electron chi connectivity index (χ0n) is 23.6. The van der Waals surface area contributed by atoms with E-state index in [4.69, 9.17) is 9.15 Å². The Morgan fingerprint density at radius 3 is 2.11 bits per heavy atom. The maximum Gasteiger partial charge on any atom is 0.416 e. The molecular formula is C32H29ClF3NO8. The van der Waals surface area contributed by atoms with Crippen molar-refractivity contribution in [2.45, 2.75) is 18.7 Å². The summed E-state index contributed by atoms with van der Waals surface area (Å²) in [7, 11) is 1.85. The number of rotatable bonds is 7. The van der Waals surface area contributed by atoms with Gasteiger partial charge < -0.3 is 40.0 Å². The van der Waals surface area contributed by atoms with Crippen LogP contribution in [0.3, 0.4) is 0 Å². The van der Waals surface area contributed by atoms with E-state index in [2.05, 4.69) is 5.32 Å². The van der Waals surface area contributed by atoms with Gasteiger partial charge in [0.05, 0.1) is 5.56 Å². The molecule has 1 heterocycles. The number of ether oxygens (including phenoxy) is 1. The van der Waals surface area contributed by atoms with Gasteiger partial charge in [0.25, 0.3) is 0 Å². The Morgan fingerprint density at radius 1 is 0.844 bits per heavy atom. The van der Waals surface area contributed by atoms with Crippen LogP contribution in [-0.4, -0.2) is 39.1 Å². The summed E-state index contributed by atoms with van der Waals surface area (Å²) >= 11 is 0. The lowest BCUT2D eigenvalue weighted by atomic mass is 10.1. The minimum atomic E-state index is -4.33. The third-order valence-electron chi connectivity index (χ3n) is 6.46. The monoisotopic (exact) mass is 647 g/mol. The zero-order chi connectivity index (χ0) is 32.0. The molecule has 0 aliphatic heterocycles. The quantitative estimate of drug-likeness (QED) is 0.104. The first kappa shape index (κ1) is 34.4. The summed E-state index contributed by atoms with van der Waals surface area (Å²) in [6.45, 7) is 0.750. The van der Waals surface area contributed by atoms with Crippen LogP contribution in [0, 0.1) is 0 Å². The minimum Gasteiger partial charge on any atom is -0.508 e. The van der Waals surface area contributed by atoms with Gasteiger partial charge in [-0.2, -0.15) is 13.2 Å². The summed E-state index contributed by atoms with van der Waals surface area (Å²) in [6.07, 6.45) is -3.81. The standard InChI is InChI=1S/C17H18F3NO.C15H10O7.ClH/c1-21-12-11-16(13-5-3-2-4-6-13)22-15-9-7-14(8-10-15)17(18,19)20;16-7-4-10(19)12-11(5-7)22-15(14(21)13(12)20)6-1-2-8(17)9(18)3-6;/h2-10,16,21H,11-12H2,1H3;1-5,16-19,21H;1H. The fourth-order valence-electron chi connectivity index (χ4n) is 4.26. The molecule has 9 nitrogen and oxygen atoms in total. The van der Waals surface area contributed by atoms with Gasteiger partial charge in [0.2, 0.25) is 11.2 Å². The van der Waals surface area contributed by atoms with Crippen LogP contribution in [0.2, 0.25) is 0 Å². The summed E-state index contributed by atoms with van der Waals surface area (Å²) < 4.78 is 48.9. The Labute approximate surface area is 260 Å². The van der Waals surface area contributed by atoms with Crippen LogP contribution in [0.5, 0.6) is 34.5 Å². The number of phenolic OH excluding ortho intramolecular Hbond substituents is 4. The Morgan fingerprint density at radius 2 is 1.51 bits per heavy atom. The van der Waals surface area contributed by atoms with Crippen molar-refractivity contribution in [3.05, 3.63) is 106 Å². The number of aromatic hydroxyl groups is 5. The van der Waals surface area contributed by atoms with Crippen molar-refractivity contribution in [2.24, 2.45) is 0 Å². The van der Waals surface area contributed by atoms with Crippen molar-refractivity contribution in [3.8, 4) is 45.8 Å². The van der Waals surface area contributed by atoms with Gasteiger partial charge in [0.15, 0.2) is 17.3 Å². The first-order valence-corrected chi connectivity index (χ1v) is 13.2. The van der Waals surface area contributed by atoms with Crippen LogP contribution in [-0.2, 0) is 6.18 Å². The topological polar surface area (TPSA) is 153 Å². The molecule has 1 atom stereocenters. The fourth-order valence-corrected chi connectivity index (χ4v) is 4.26. The predicted octanol–water partition coefficient (Wildman–Crippen LogP) is 6.84. The van der Waals surface area contributed by atoms with Gasteiger partial charge in [-0.3, -0.25) is 4.79 Å². The fraction of sp³-hybridized carbons (Fsp3) is 0.156. The van der Waals surface area contributed by atoms with Crippen LogP contribution >= 0.6 is 12.4 Å². The van der Waals surface area contributed by atoms with E-state index in [-0.39, 0.29) is 52.3 Å². The molecule has 238 valence electrons. The number of fused-ring (bicyclic) bond motifs is 1. The maximum absolute atomic E-state index is 12.6. The highest BCUT2D eigenvalue weighted by molar-refractivity contribution is 5.88. The molecular weight excluding hydrogens is 619 g/mol. The molecule has 0 aliphatic rings. The highest BCUT2D eigenvalue weighted by atomic mass is 35.5. The number of hydrogen-bond acceptors (Lipinski definition) is 9. The lowest BCUT2D eigenvalue weighted by Gasteiger charge is -2.20. The van der Waals surface area contributed by atoms with E-state index in [0.717, 1.165) is 54.9 Å². The largest absolute Gasteiger partial charge is 0.508 e. The van der Waals surface area contributed by atoms with E-state index in [0.29, 0.717) is 5.75 Å². The van der Waals surface area contributed by atoms with Gasteiger partial charge in [0, 0.05) is 24.1 Å². The van der Waals surface area contributed by atoms with E-state index in [1.54, 1.807) is 0 Å². The third kappa shape index (κ3) is 8.31. The molecule has 4 aromatic carbocycles. The molecule has 0 spiro atoms. The van der Waals surface area contributed by atoms with Crippen molar-refractivity contribution in [3.63, 3.8) is 0 Å². The Kier molecular flexibility index (Phi) is 11.2. The normalized spacial score (nSPS) is 11.6. The molecule has 5 aromatic rings. The molecule has 0 saturated heterocycles. The molecule has 0 radical (unpaired) electrons. The van der Waals surface area contributed by atoms with Crippen molar-refractivity contribution in [1.82, 2.24) is 5.32 Å². The van der Waals surface area contributed by atoms with E-state index >= 15 is 0 Å². The summed E-state index contributed by atoms with van der Waals surface area (Å²) in [5.74, 6) is -2.29. The molecule has 13 heteroatoms. The molecule has 0 aliphatic carbocycles. The van der Waals surface area contributed by atoms with Crippen molar-refractivity contribution < 1.29 is 47.9 Å². The molecule has 45 heavy (non-hydrogen) atoms. The molecule has 1 aromatic heterocycles. The van der Waals surface area contributed by atoms with Crippen LogP contribution in [0.1, 0.15) is 23.7 Å². The average molecular weight is 648 g/mol. The number of phenols is 4. The Hall–Kier alpha value is -5.07. The lowest BCUT2D eigenvalue weighted by molar-refractivity contribution is -0.137. The molecule has 5 rings (SSSR count). The molecule has 6 N–H and O–H groups in total. The summed E-state index contributed by atoms with van der Waals surface area (Å²) in [6, 6.07) is 20.1. The Bertz CT molecular complexity index is 1800. The second-order valence-corrected chi connectivity index (χ2v) is 9.58. The minimum absolute atomic E-state index is 0. The van der Waals surface area contributed by atoms with Crippen LogP contribution in [0.15, 0.2) is 94.1 Å². The second-order valence-electron chi connectivity index (χ2n) is 9.58. The van der Waals surface area contributed by atoms with Gasteiger partial charge in [-0.15, -0.1) is 12.4 Å². The van der Waals surface area contributed by atoms with Gasteiger partial charge in [-0.1, -0.05) is 30.3 Å². The van der Waals surface area contributed by atoms with Crippen molar-refractivity contribution in [1.29, 1.82) is 0 Å². The SMILES string of the molecule is CNCCC(Oc1ccc(C(F)(F)F)cc1)c1ccccc1.Cl.O=c1c(O)c(-c2ccc(O)c(O)c2)oc2cc(O)cc(O)c12. The number of nitrogens with one attached hydrogen (secondary N) is 1. The van der Waals surface area contributed by atoms with Gasteiger partial charge in [-0.25, -0.2) is 0 Å². The highest BCUT2D eigenvalue weighted by Gasteiger charge is 2.30. The molecule has 0 fully saturated rings. The number of hydrogen-bond donors (Lipinski definition) is 6. The van der Waals surface area contributed by atoms with E-state index < -0.39 is 34.4 Å². The number of benzene rings is 4. The number of alkyl halides is 3. The van der Waals surface area contributed by atoms with Crippen molar-refractivity contribution in [2.75, 3.05) is 13.6 Å². The molecule has 0 saturated carbocycles. The Balaban J connectivity index is 0.000000240. The lowest BCUT2D eigenvalue weighted by Crippen LogP contribution is -2.16. The number of halogens is 4. The predicted molar refractivity (Wildman–Crippen MR) is 163 cm³/mol. The average Bonchev–Trinajstić information content (AvgIpc) is 2.99. The highest BCUT2D eigenvalue weighted by Crippen LogP contribution is 2.38. The summed E-state index contributed by atoms with van der Waals surface area (Å²) in [5.41, 5.74) is -0.567. The van der Waals surface area contributed by atoms with E-state index in [9.17, 15) is 43.5 Å². The molecule has 1 unspecified atom stereocenters. The zero-order valence-corrected chi connectivity index (χ0v) is 24.4. The molecule has 0 amide bonds. The first-order chi connectivity index (χ1) is 20.9. The summed E-state index contributed by atoms with van der Waals surface area (Å²) in [4.78, 5) is 12.1. The summed E-state index contributed by atoms with van der Waals surface area (Å²) in [5, 5.41) is 50.7. The molecule has 0 bridgehead atoms. The smallest absolute Gasteiger partial charge is 0.416 e. The maximum atomic E-state index is 12.6. The van der Waals surface area contributed by atoms with E-state index in [1.165, 1.54) is 18.2 Å². The first-order valence-electron chi connectivity index (χ1n) is 13.2. The van der Waals surface area contributed by atoms with Gasteiger partial charge in [0.1, 0.15) is 34.3 Å². The third-order valence-corrected chi connectivity index (χ3v) is 6.46. The van der Waals surface area contributed by atoms with Crippen LogP contribution < -0.4 is 15.5 Å². The van der Waals surface area contributed by atoms with Crippen LogP contribution in [0.4, 0.5) is 13.2 Å². The van der Waals surface area contributed by atoms with E-state index in [1.807, 2.05) is 37.4 Å². The second kappa shape index (κ2) is 14.6. The van der Waals surface area contributed by atoms with Crippen molar-refractivity contribution >= 4 is 23.4 Å². The van der Waals surface area contributed by atoms with Gasteiger partial charge in [-0.05, 0) is 61.6 Å².